The Bertz CT molecular complexity index is 927. The first-order valence-electron chi connectivity index (χ1n) is 11.6. The normalized spacial score (nSPS) is 30.2. The molecule has 1 fully saturated rings. The quantitative estimate of drug-likeness (QED) is 0.590. The maximum absolute atomic E-state index is 13.1. The van der Waals surface area contributed by atoms with Gasteiger partial charge in [0.05, 0.1) is 6.61 Å². The molecule has 3 heterocycles. The fourth-order valence-electron chi connectivity index (χ4n) is 4.97. The number of hydrogen-bond acceptors (Lipinski definition) is 6. The van der Waals surface area contributed by atoms with Gasteiger partial charge in [-0.2, -0.15) is 0 Å². The number of piperidine rings is 1. The van der Waals surface area contributed by atoms with Crippen LogP contribution >= 0.6 is 0 Å². The molecule has 0 aromatic carbocycles. The molecule has 1 saturated heterocycles. The van der Waals surface area contributed by atoms with Crippen LogP contribution in [0.5, 0.6) is 5.75 Å². The van der Waals surface area contributed by atoms with Crippen molar-refractivity contribution in [1.82, 2.24) is 9.88 Å². The number of hydrogen-bond donors (Lipinski definition) is 0. The number of nitrogens with zero attached hydrogens (tertiary/aromatic N) is 2. The lowest BCUT2D eigenvalue weighted by Crippen LogP contribution is -2.46. The van der Waals surface area contributed by atoms with E-state index >= 15 is 0 Å². The molecule has 1 aromatic rings. The van der Waals surface area contributed by atoms with Gasteiger partial charge in [-0.25, -0.2) is 13.4 Å². The minimum atomic E-state index is -3.50. The first-order valence-corrected chi connectivity index (χ1v) is 13.1. The zero-order valence-corrected chi connectivity index (χ0v) is 19.4. The summed E-state index contributed by atoms with van der Waals surface area (Å²) in [6.07, 6.45) is 12.0. The third-order valence-electron chi connectivity index (χ3n) is 6.59. The molecule has 0 spiro atoms. The summed E-state index contributed by atoms with van der Waals surface area (Å²) in [4.78, 5) is 6.61. The van der Waals surface area contributed by atoms with Gasteiger partial charge in [0, 0.05) is 25.2 Å². The maximum Gasteiger partial charge on any atom is 0.205 e. The lowest BCUT2D eigenvalue weighted by molar-refractivity contribution is 0.131. The topological polar surface area (TPSA) is 68.7 Å². The molecular formula is C24H34N2O4S. The molecule has 0 saturated carbocycles. The van der Waals surface area contributed by atoms with E-state index in [0.29, 0.717) is 25.2 Å². The fraction of sp³-hybridized carbons (Fsp3) is 0.625. The molecule has 0 N–H and O–H groups in total. The Morgan fingerprint density at radius 3 is 2.97 bits per heavy atom. The standard InChI is InChI=1S/C24H34N2O4S/c1-3-22-23(30-21-8-4-13-25-24(21)31(22,27)28)19-9-11-20(12-10-19)29-16-6-15-26-14-5-7-18(2)17-26/h4,8-9,11-13,18-19,22-23H,3,5-7,10,14-17H2,1-2H3/t18-,19?,22-,23-/m0/s1. The predicted octanol–water partition coefficient (Wildman–Crippen LogP) is 3.99. The molecular weight excluding hydrogens is 412 g/mol. The number of pyridine rings is 1. The highest BCUT2D eigenvalue weighted by molar-refractivity contribution is 7.92. The van der Waals surface area contributed by atoms with Crippen LogP contribution in [0.2, 0.25) is 0 Å². The van der Waals surface area contributed by atoms with Crippen LogP contribution in [0.1, 0.15) is 46.0 Å². The van der Waals surface area contributed by atoms with Crippen molar-refractivity contribution in [2.45, 2.75) is 62.3 Å². The van der Waals surface area contributed by atoms with E-state index in [1.807, 2.05) is 19.1 Å². The molecule has 170 valence electrons. The summed E-state index contributed by atoms with van der Waals surface area (Å²) in [7, 11) is -3.50. The second-order valence-corrected chi connectivity index (χ2v) is 11.1. The lowest BCUT2D eigenvalue weighted by atomic mass is 9.91. The van der Waals surface area contributed by atoms with E-state index in [2.05, 4.69) is 22.9 Å². The van der Waals surface area contributed by atoms with Gasteiger partial charge in [0.15, 0.2) is 10.8 Å². The van der Waals surface area contributed by atoms with Gasteiger partial charge >= 0.3 is 0 Å². The van der Waals surface area contributed by atoms with Crippen molar-refractivity contribution in [3.63, 3.8) is 0 Å². The van der Waals surface area contributed by atoms with Gasteiger partial charge in [-0.15, -0.1) is 0 Å². The summed E-state index contributed by atoms with van der Waals surface area (Å²) in [6, 6.07) is 3.41. The molecule has 31 heavy (non-hydrogen) atoms. The molecule has 0 radical (unpaired) electrons. The van der Waals surface area contributed by atoms with Crippen molar-refractivity contribution < 1.29 is 17.9 Å². The maximum atomic E-state index is 13.1. The van der Waals surface area contributed by atoms with Crippen LogP contribution in [0.25, 0.3) is 0 Å². The molecule has 1 aliphatic carbocycles. The molecule has 4 atom stereocenters. The van der Waals surface area contributed by atoms with Crippen molar-refractivity contribution in [2.24, 2.45) is 11.8 Å². The van der Waals surface area contributed by atoms with Crippen molar-refractivity contribution in [2.75, 3.05) is 26.2 Å². The van der Waals surface area contributed by atoms with Crippen LogP contribution in [0.15, 0.2) is 47.3 Å². The van der Waals surface area contributed by atoms with Crippen LogP contribution in [-0.2, 0) is 14.6 Å². The third kappa shape index (κ3) is 4.98. The van der Waals surface area contributed by atoms with Crippen LogP contribution in [0.3, 0.4) is 0 Å². The van der Waals surface area contributed by atoms with E-state index < -0.39 is 21.2 Å². The van der Waals surface area contributed by atoms with Gasteiger partial charge < -0.3 is 14.4 Å². The van der Waals surface area contributed by atoms with E-state index in [1.165, 1.54) is 32.1 Å². The zero-order chi connectivity index (χ0) is 21.8. The minimum Gasteiger partial charge on any atom is -0.494 e. The zero-order valence-electron chi connectivity index (χ0n) is 18.6. The highest BCUT2D eigenvalue weighted by Gasteiger charge is 2.45. The van der Waals surface area contributed by atoms with Gasteiger partial charge in [0.1, 0.15) is 17.1 Å². The Hall–Kier alpha value is -1.86. The number of allylic oxidation sites excluding steroid dienone is 2. The van der Waals surface area contributed by atoms with Crippen molar-refractivity contribution in [3.8, 4) is 5.75 Å². The van der Waals surface area contributed by atoms with Crippen molar-refractivity contribution in [3.05, 3.63) is 42.3 Å². The first-order chi connectivity index (χ1) is 15.0. The summed E-state index contributed by atoms with van der Waals surface area (Å²) in [5.74, 6) is 2.03. The van der Waals surface area contributed by atoms with Crippen LogP contribution in [-0.4, -0.2) is 55.9 Å². The molecule has 4 rings (SSSR count). The molecule has 7 heteroatoms. The first kappa shape index (κ1) is 22.3. The summed E-state index contributed by atoms with van der Waals surface area (Å²) in [5, 5.41) is -0.520. The highest BCUT2D eigenvalue weighted by atomic mass is 32.2. The number of likely N-dealkylation sites (tertiary alicyclic amines) is 1. The molecule has 1 aromatic heterocycles. The molecule has 3 aliphatic rings. The Balaban J connectivity index is 1.31. The fourth-order valence-corrected chi connectivity index (χ4v) is 6.91. The number of ether oxygens (including phenoxy) is 2. The van der Waals surface area contributed by atoms with E-state index in [1.54, 1.807) is 12.1 Å². The van der Waals surface area contributed by atoms with Crippen LogP contribution in [0.4, 0.5) is 0 Å². The smallest absolute Gasteiger partial charge is 0.205 e. The molecule has 2 aliphatic heterocycles. The van der Waals surface area contributed by atoms with Gasteiger partial charge in [-0.1, -0.05) is 19.9 Å². The average molecular weight is 447 g/mol. The van der Waals surface area contributed by atoms with Gasteiger partial charge in [-0.3, -0.25) is 0 Å². The Morgan fingerprint density at radius 2 is 2.23 bits per heavy atom. The van der Waals surface area contributed by atoms with Gasteiger partial charge in [0.25, 0.3) is 0 Å². The largest absolute Gasteiger partial charge is 0.494 e. The predicted molar refractivity (Wildman–Crippen MR) is 121 cm³/mol. The Kier molecular flexibility index (Phi) is 7.02. The van der Waals surface area contributed by atoms with Crippen LogP contribution < -0.4 is 4.74 Å². The van der Waals surface area contributed by atoms with E-state index in [0.717, 1.165) is 24.6 Å². The van der Waals surface area contributed by atoms with E-state index in [4.69, 9.17) is 9.47 Å². The Labute approximate surface area is 186 Å². The Morgan fingerprint density at radius 1 is 1.35 bits per heavy atom. The summed E-state index contributed by atoms with van der Waals surface area (Å²) >= 11 is 0. The molecule has 6 nitrogen and oxygen atoms in total. The molecule has 0 amide bonds. The summed E-state index contributed by atoms with van der Waals surface area (Å²) < 4.78 is 38.3. The summed E-state index contributed by atoms with van der Waals surface area (Å²) in [5.41, 5.74) is 0. The van der Waals surface area contributed by atoms with Crippen molar-refractivity contribution in [1.29, 1.82) is 0 Å². The van der Waals surface area contributed by atoms with Gasteiger partial charge in [-0.05, 0) is 68.9 Å². The molecule has 0 bridgehead atoms. The van der Waals surface area contributed by atoms with Crippen molar-refractivity contribution >= 4 is 9.84 Å². The highest BCUT2D eigenvalue weighted by Crippen LogP contribution is 2.39. The second kappa shape index (κ2) is 9.74. The van der Waals surface area contributed by atoms with E-state index in [9.17, 15) is 8.42 Å². The summed E-state index contributed by atoms with van der Waals surface area (Å²) in [6.45, 7) is 8.42. The molecule has 1 unspecified atom stereocenters. The van der Waals surface area contributed by atoms with E-state index in [-0.39, 0.29) is 10.9 Å². The SMILES string of the molecule is CC[C@H]1[C@H](C2C=CC(OCCCN3CCC[C@H](C)C3)=CC2)Oc2cccnc2S1(=O)=O. The average Bonchev–Trinajstić information content (AvgIpc) is 2.77. The van der Waals surface area contributed by atoms with Crippen LogP contribution in [0, 0.1) is 11.8 Å². The number of fused-ring (bicyclic) bond motifs is 1. The number of sulfone groups is 1. The third-order valence-corrected chi connectivity index (χ3v) is 8.83. The number of rotatable bonds is 7. The lowest BCUT2D eigenvalue weighted by Gasteiger charge is -2.36. The monoisotopic (exact) mass is 446 g/mol. The number of aromatic nitrogens is 1. The second-order valence-electron chi connectivity index (χ2n) is 9.00. The van der Waals surface area contributed by atoms with Gasteiger partial charge in [0.2, 0.25) is 9.84 Å². The minimum absolute atomic E-state index is 0.00438.